The number of amides is 1. The molecule has 0 spiro atoms. The number of carbonyl (C=O) groups is 1. The third kappa shape index (κ3) is 1.09. The first-order valence-electron chi connectivity index (χ1n) is 3.95. The van der Waals surface area contributed by atoms with E-state index in [2.05, 4.69) is 11.9 Å². The molecule has 1 aromatic heterocycles. The summed E-state index contributed by atoms with van der Waals surface area (Å²) in [6.45, 7) is 3.78. The fourth-order valence-electron chi connectivity index (χ4n) is 1.34. The summed E-state index contributed by atoms with van der Waals surface area (Å²) in [6.07, 6.45) is 2.72. The van der Waals surface area contributed by atoms with Crippen molar-refractivity contribution in [2.45, 2.75) is 6.92 Å². The van der Waals surface area contributed by atoms with E-state index >= 15 is 0 Å². The molecule has 1 aliphatic rings. The Kier molecular flexibility index (Phi) is 1.60. The van der Waals surface area contributed by atoms with Gasteiger partial charge in [0.15, 0.2) is 6.39 Å². The van der Waals surface area contributed by atoms with Crippen LogP contribution in [0.3, 0.4) is 0 Å². The molecule has 1 fully saturated rings. The molecule has 2 heterocycles. The topological polar surface area (TPSA) is 46.3 Å². The predicted octanol–water partition coefficient (Wildman–Crippen LogP) is 0.766. The summed E-state index contributed by atoms with van der Waals surface area (Å²) in [5.74, 6) is 0.907. The largest absolute Gasteiger partial charge is 0.438 e. The summed E-state index contributed by atoms with van der Waals surface area (Å²) in [5, 5.41) is 0. The number of hydrogen-bond donors (Lipinski definition) is 0. The van der Waals surface area contributed by atoms with Gasteiger partial charge >= 0.3 is 0 Å². The highest BCUT2D eigenvalue weighted by Crippen LogP contribution is 2.17. The second-order valence-electron chi connectivity index (χ2n) is 3.18. The second kappa shape index (κ2) is 2.62. The molecule has 4 heteroatoms. The molecule has 0 aliphatic carbocycles. The monoisotopic (exact) mass is 166 g/mol. The number of likely N-dealkylation sites (tertiary alicyclic amines) is 1. The summed E-state index contributed by atoms with van der Waals surface area (Å²) in [5.41, 5.74) is 0. The van der Waals surface area contributed by atoms with Gasteiger partial charge in [0.1, 0.15) is 0 Å². The van der Waals surface area contributed by atoms with Crippen molar-refractivity contribution in [3.05, 3.63) is 18.4 Å². The highest BCUT2D eigenvalue weighted by molar-refractivity contribution is 5.91. The summed E-state index contributed by atoms with van der Waals surface area (Å²) in [4.78, 5) is 16.9. The zero-order valence-corrected chi connectivity index (χ0v) is 6.86. The molecule has 4 nitrogen and oxygen atoms in total. The number of aromatic nitrogens is 1. The fourth-order valence-corrected chi connectivity index (χ4v) is 1.34. The summed E-state index contributed by atoms with van der Waals surface area (Å²) < 4.78 is 4.89. The average Bonchev–Trinajstić information content (AvgIpc) is 2.49. The molecule has 0 aromatic carbocycles. The Bertz CT molecular complexity index is 275. The summed E-state index contributed by atoms with van der Waals surface area (Å²) >= 11 is 0. The number of nitrogens with zero attached hydrogens (tertiary/aromatic N) is 2. The van der Waals surface area contributed by atoms with Gasteiger partial charge in [-0.25, -0.2) is 4.98 Å². The lowest BCUT2D eigenvalue weighted by Crippen LogP contribution is -2.48. The van der Waals surface area contributed by atoms with Crippen LogP contribution in [0.25, 0.3) is 0 Å². The second-order valence-corrected chi connectivity index (χ2v) is 3.18. The van der Waals surface area contributed by atoms with Gasteiger partial charge < -0.3 is 9.32 Å². The standard InChI is InChI=1S/C8H10N2O2/c1-6-3-10(4-6)8(11)7-2-9-5-12-7/h2,5-6H,3-4H2,1H3. The first kappa shape index (κ1) is 7.34. The van der Waals surface area contributed by atoms with Crippen molar-refractivity contribution in [2.24, 2.45) is 5.92 Å². The van der Waals surface area contributed by atoms with Gasteiger partial charge in [-0.2, -0.15) is 0 Å². The summed E-state index contributed by atoms with van der Waals surface area (Å²) in [7, 11) is 0. The Hall–Kier alpha value is -1.32. The van der Waals surface area contributed by atoms with Gasteiger partial charge in [0, 0.05) is 13.1 Å². The zero-order valence-electron chi connectivity index (χ0n) is 6.86. The molecule has 1 saturated heterocycles. The van der Waals surface area contributed by atoms with Crippen LogP contribution in [0.2, 0.25) is 0 Å². The molecule has 2 rings (SSSR count). The van der Waals surface area contributed by atoms with Crippen molar-refractivity contribution < 1.29 is 9.21 Å². The minimum atomic E-state index is -0.0504. The first-order chi connectivity index (χ1) is 5.77. The Morgan fingerprint density at radius 3 is 3.00 bits per heavy atom. The maximum atomic E-state index is 11.4. The molecule has 0 saturated carbocycles. The minimum Gasteiger partial charge on any atom is -0.438 e. The molecule has 0 bridgehead atoms. The van der Waals surface area contributed by atoms with Crippen LogP contribution in [-0.2, 0) is 0 Å². The van der Waals surface area contributed by atoms with E-state index in [4.69, 9.17) is 4.42 Å². The van der Waals surface area contributed by atoms with Crippen LogP contribution < -0.4 is 0 Å². The molecule has 0 radical (unpaired) electrons. The minimum absolute atomic E-state index is 0.0504. The molecule has 64 valence electrons. The lowest BCUT2D eigenvalue weighted by Gasteiger charge is -2.36. The maximum Gasteiger partial charge on any atom is 0.291 e. The van der Waals surface area contributed by atoms with E-state index < -0.39 is 0 Å². The van der Waals surface area contributed by atoms with Gasteiger partial charge in [-0.3, -0.25) is 4.79 Å². The first-order valence-corrected chi connectivity index (χ1v) is 3.95. The van der Waals surface area contributed by atoms with E-state index in [1.807, 2.05) is 0 Å². The van der Waals surface area contributed by atoms with E-state index in [0.29, 0.717) is 11.7 Å². The van der Waals surface area contributed by atoms with E-state index in [-0.39, 0.29) is 5.91 Å². The van der Waals surface area contributed by atoms with Crippen LogP contribution in [-0.4, -0.2) is 28.9 Å². The van der Waals surface area contributed by atoms with Gasteiger partial charge in [-0.15, -0.1) is 0 Å². The Morgan fingerprint density at radius 1 is 1.75 bits per heavy atom. The zero-order chi connectivity index (χ0) is 8.55. The molecular weight excluding hydrogens is 156 g/mol. The van der Waals surface area contributed by atoms with Crippen LogP contribution in [0.5, 0.6) is 0 Å². The van der Waals surface area contributed by atoms with Crippen molar-refractivity contribution in [3.63, 3.8) is 0 Å². The van der Waals surface area contributed by atoms with Crippen LogP contribution in [0, 0.1) is 5.92 Å². The molecule has 0 unspecified atom stereocenters. The van der Waals surface area contributed by atoms with Gasteiger partial charge in [0.2, 0.25) is 5.76 Å². The van der Waals surface area contributed by atoms with Crippen LogP contribution in [0.4, 0.5) is 0 Å². The predicted molar refractivity (Wildman–Crippen MR) is 41.6 cm³/mol. The van der Waals surface area contributed by atoms with Gasteiger partial charge in [0.25, 0.3) is 5.91 Å². The highest BCUT2D eigenvalue weighted by Gasteiger charge is 2.29. The van der Waals surface area contributed by atoms with Crippen molar-refractivity contribution in [1.29, 1.82) is 0 Å². The molecule has 1 aliphatic heterocycles. The Labute approximate surface area is 70.2 Å². The number of carbonyl (C=O) groups excluding carboxylic acids is 1. The lowest BCUT2D eigenvalue weighted by molar-refractivity contribution is 0.0498. The van der Waals surface area contributed by atoms with Crippen LogP contribution >= 0.6 is 0 Å². The van der Waals surface area contributed by atoms with Gasteiger partial charge in [-0.05, 0) is 5.92 Å². The molecule has 0 N–H and O–H groups in total. The van der Waals surface area contributed by atoms with Gasteiger partial charge in [0.05, 0.1) is 6.20 Å². The lowest BCUT2D eigenvalue weighted by atomic mass is 10.0. The van der Waals surface area contributed by atoms with Crippen LogP contribution in [0.15, 0.2) is 17.0 Å². The highest BCUT2D eigenvalue weighted by atomic mass is 16.3. The third-order valence-electron chi connectivity index (χ3n) is 1.99. The van der Waals surface area contributed by atoms with E-state index in [1.54, 1.807) is 4.90 Å². The average molecular weight is 166 g/mol. The number of rotatable bonds is 1. The van der Waals surface area contributed by atoms with Gasteiger partial charge in [-0.1, -0.05) is 6.92 Å². The normalized spacial score (nSPS) is 17.6. The maximum absolute atomic E-state index is 11.4. The molecule has 1 aromatic rings. The molecule has 1 amide bonds. The smallest absolute Gasteiger partial charge is 0.291 e. The van der Waals surface area contributed by atoms with E-state index in [1.165, 1.54) is 12.6 Å². The van der Waals surface area contributed by atoms with Crippen molar-refractivity contribution in [3.8, 4) is 0 Å². The van der Waals surface area contributed by atoms with Crippen molar-refractivity contribution >= 4 is 5.91 Å². The van der Waals surface area contributed by atoms with Crippen molar-refractivity contribution in [2.75, 3.05) is 13.1 Å². The molecular formula is C8H10N2O2. The quantitative estimate of drug-likeness (QED) is 0.619. The third-order valence-corrected chi connectivity index (χ3v) is 1.99. The molecule has 12 heavy (non-hydrogen) atoms. The van der Waals surface area contributed by atoms with E-state index in [0.717, 1.165) is 13.1 Å². The van der Waals surface area contributed by atoms with E-state index in [9.17, 15) is 4.79 Å². The molecule has 0 atom stereocenters. The van der Waals surface area contributed by atoms with Crippen molar-refractivity contribution in [1.82, 2.24) is 9.88 Å². The fraction of sp³-hybridized carbons (Fsp3) is 0.500. The van der Waals surface area contributed by atoms with Crippen LogP contribution in [0.1, 0.15) is 17.5 Å². The Balaban J connectivity index is 2.03. The number of hydrogen-bond acceptors (Lipinski definition) is 3. The SMILES string of the molecule is CC1CN(C(=O)c2cnco2)C1. The Morgan fingerprint density at radius 2 is 2.50 bits per heavy atom. The number of oxazole rings is 1. The summed E-state index contributed by atoms with van der Waals surface area (Å²) in [6, 6.07) is 0.